The number of aromatic nitrogens is 5. The number of halogens is 2. The van der Waals surface area contributed by atoms with Crippen molar-refractivity contribution in [2.45, 2.75) is 6.92 Å². The van der Waals surface area contributed by atoms with E-state index in [9.17, 15) is 0 Å². The fraction of sp³-hybridized carbons (Fsp3) is 0.0769. The van der Waals surface area contributed by atoms with Crippen LogP contribution in [0.1, 0.15) is 5.56 Å². The summed E-state index contributed by atoms with van der Waals surface area (Å²) in [6.07, 6.45) is 4.94. The molecule has 0 saturated carbocycles. The van der Waals surface area contributed by atoms with Crippen molar-refractivity contribution in [3.05, 3.63) is 52.8 Å². The van der Waals surface area contributed by atoms with Crippen LogP contribution in [-0.4, -0.2) is 24.5 Å². The minimum Gasteiger partial charge on any atom is -0.324 e. The number of imidazole rings is 1. The first-order chi connectivity index (χ1) is 10.1. The monoisotopic (exact) mass is 320 g/mol. The highest BCUT2D eigenvalue weighted by atomic mass is 35.5. The molecule has 0 aliphatic rings. The van der Waals surface area contributed by atoms with Gasteiger partial charge in [-0.05, 0) is 36.2 Å². The van der Waals surface area contributed by atoms with E-state index < -0.39 is 0 Å². The zero-order valence-corrected chi connectivity index (χ0v) is 12.5. The van der Waals surface area contributed by atoms with Gasteiger partial charge in [0.05, 0.1) is 0 Å². The Balaban J connectivity index is 1.98. The Morgan fingerprint density at radius 3 is 2.76 bits per heavy atom. The van der Waals surface area contributed by atoms with Gasteiger partial charge in [-0.25, -0.2) is 4.98 Å². The minimum absolute atomic E-state index is 0.0934. The van der Waals surface area contributed by atoms with Gasteiger partial charge < -0.3 is 5.32 Å². The summed E-state index contributed by atoms with van der Waals surface area (Å²) >= 11 is 12.0. The predicted octanol–water partition coefficient (Wildman–Crippen LogP) is 3.42. The zero-order chi connectivity index (χ0) is 14.8. The van der Waals surface area contributed by atoms with Crippen molar-refractivity contribution >= 4 is 34.8 Å². The van der Waals surface area contributed by atoms with E-state index >= 15 is 0 Å². The van der Waals surface area contributed by atoms with Gasteiger partial charge >= 0.3 is 0 Å². The number of anilines is 2. The third-order valence-electron chi connectivity index (χ3n) is 2.85. The molecule has 3 aromatic rings. The van der Waals surface area contributed by atoms with Crippen LogP contribution in [0.5, 0.6) is 0 Å². The topological polar surface area (TPSA) is 68.5 Å². The summed E-state index contributed by atoms with van der Waals surface area (Å²) in [6, 6.07) is 5.55. The molecule has 1 N–H and O–H groups in total. The van der Waals surface area contributed by atoms with Gasteiger partial charge in [-0.3, -0.25) is 4.57 Å². The van der Waals surface area contributed by atoms with Crippen molar-refractivity contribution in [1.82, 2.24) is 24.5 Å². The first-order valence-electron chi connectivity index (χ1n) is 6.05. The average molecular weight is 321 g/mol. The molecule has 0 radical (unpaired) electrons. The highest BCUT2D eigenvalue weighted by Gasteiger charge is 2.09. The van der Waals surface area contributed by atoms with Gasteiger partial charge in [0.2, 0.25) is 17.2 Å². The molecule has 2 aromatic heterocycles. The lowest BCUT2D eigenvalue weighted by Crippen LogP contribution is -2.06. The lowest BCUT2D eigenvalue weighted by atomic mass is 10.2. The SMILES string of the molecule is Cc1c(Cl)cccc1Nc1nc(Cl)nc(-n2ccnc2)n1. The summed E-state index contributed by atoms with van der Waals surface area (Å²) < 4.78 is 1.64. The molecule has 21 heavy (non-hydrogen) atoms. The summed E-state index contributed by atoms with van der Waals surface area (Å²) in [7, 11) is 0. The number of nitrogens with one attached hydrogen (secondary N) is 1. The summed E-state index contributed by atoms with van der Waals surface area (Å²) in [6.45, 7) is 1.91. The molecule has 0 amide bonds. The van der Waals surface area contributed by atoms with Crippen LogP contribution in [0.15, 0.2) is 36.9 Å². The smallest absolute Gasteiger partial charge is 0.241 e. The number of benzene rings is 1. The fourth-order valence-corrected chi connectivity index (χ4v) is 2.08. The Morgan fingerprint density at radius 1 is 1.14 bits per heavy atom. The van der Waals surface area contributed by atoms with E-state index in [1.165, 1.54) is 0 Å². The maximum absolute atomic E-state index is 6.09. The van der Waals surface area contributed by atoms with E-state index in [0.29, 0.717) is 16.9 Å². The van der Waals surface area contributed by atoms with Crippen molar-refractivity contribution in [3.63, 3.8) is 0 Å². The Kier molecular flexibility index (Phi) is 3.72. The molecule has 106 valence electrons. The van der Waals surface area contributed by atoms with Gasteiger partial charge in [0, 0.05) is 23.1 Å². The Morgan fingerprint density at radius 2 is 2.00 bits per heavy atom. The van der Waals surface area contributed by atoms with Gasteiger partial charge in [0.25, 0.3) is 0 Å². The predicted molar refractivity (Wildman–Crippen MR) is 81.4 cm³/mol. The molecule has 0 aliphatic heterocycles. The van der Waals surface area contributed by atoms with Crippen molar-refractivity contribution in [3.8, 4) is 5.95 Å². The fourth-order valence-electron chi connectivity index (χ4n) is 1.75. The molecule has 3 rings (SSSR count). The normalized spacial score (nSPS) is 10.6. The van der Waals surface area contributed by atoms with Gasteiger partial charge in [0.1, 0.15) is 6.33 Å². The van der Waals surface area contributed by atoms with E-state index in [4.69, 9.17) is 23.2 Å². The molecule has 0 atom stereocenters. The second kappa shape index (κ2) is 5.67. The molecular formula is C13H10Cl2N6. The highest BCUT2D eigenvalue weighted by molar-refractivity contribution is 6.31. The van der Waals surface area contributed by atoms with Crippen LogP contribution < -0.4 is 5.32 Å². The first kappa shape index (κ1) is 13.8. The van der Waals surface area contributed by atoms with Gasteiger partial charge in [0.15, 0.2) is 0 Å². The molecule has 0 fully saturated rings. The Labute approximate surface area is 130 Å². The lowest BCUT2D eigenvalue weighted by Gasteiger charge is -2.10. The van der Waals surface area contributed by atoms with Crippen LogP contribution in [0.4, 0.5) is 11.6 Å². The zero-order valence-electron chi connectivity index (χ0n) is 11.0. The van der Waals surface area contributed by atoms with Crippen molar-refractivity contribution in [2.24, 2.45) is 0 Å². The maximum atomic E-state index is 6.09. The lowest BCUT2D eigenvalue weighted by molar-refractivity contribution is 0.899. The van der Waals surface area contributed by atoms with Gasteiger partial charge in [-0.1, -0.05) is 17.7 Å². The molecule has 1 aromatic carbocycles. The van der Waals surface area contributed by atoms with Crippen LogP contribution in [0.3, 0.4) is 0 Å². The summed E-state index contributed by atoms with van der Waals surface area (Å²) in [5.41, 5.74) is 1.71. The average Bonchev–Trinajstić information content (AvgIpc) is 2.97. The number of rotatable bonds is 3. The number of hydrogen-bond donors (Lipinski definition) is 1. The third kappa shape index (κ3) is 2.96. The van der Waals surface area contributed by atoms with E-state index in [0.717, 1.165) is 11.3 Å². The molecule has 0 spiro atoms. The van der Waals surface area contributed by atoms with E-state index in [2.05, 4.69) is 25.3 Å². The van der Waals surface area contributed by atoms with E-state index in [1.54, 1.807) is 23.3 Å². The van der Waals surface area contributed by atoms with Crippen molar-refractivity contribution in [2.75, 3.05) is 5.32 Å². The summed E-state index contributed by atoms with van der Waals surface area (Å²) in [5, 5.41) is 3.85. The highest BCUT2D eigenvalue weighted by Crippen LogP contribution is 2.25. The Hall–Kier alpha value is -2.18. The van der Waals surface area contributed by atoms with Crippen LogP contribution in [0, 0.1) is 6.92 Å². The number of hydrogen-bond acceptors (Lipinski definition) is 5. The van der Waals surface area contributed by atoms with Crippen molar-refractivity contribution in [1.29, 1.82) is 0 Å². The van der Waals surface area contributed by atoms with E-state index in [-0.39, 0.29) is 5.28 Å². The minimum atomic E-state index is 0.0934. The van der Waals surface area contributed by atoms with Crippen LogP contribution in [-0.2, 0) is 0 Å². The molecule has 0 saturated heterocycles. The van der Waals surface area contributed by atoms with Crippen LogP contribution in [0.25, 0.3) is 5.95 Å². The quantitative estimate of drug-likeness (QED) is 0.800. The maximum Gasteiger partial charge on any atom is 0.241 e. The van der Waals surface area contributed by atoms with Crippen molar-refractivity contribution < 1.29 is 0 Å². The second-order valence-electron chi connectivity index (χ2n) is 4.24. The van der Waals surface area contributed by atoms with Crippen LogP contribution >= 0.6 is 23.2 Å². The summed E-state index contributed by atoms with van der Waals surface area (Å²) in [5.74, 6) is 0.721. The standard InChI is InChI=1S/C13H10Cl2N6/c1-8-9(14)3-2-4-10(8)17-12-18-11(15)19-13(20-12)21-6-5-16-7-21/h2-7H,1H3,(H,17,18,19,20). The first-order valence-corrected chi connectivity index (χ1v) is 6.81. The molecule has 0 aliphatic carbocycles. The molecule has 6 nitrogen and oxygen atoms in total. The molecule has 8 heteroatoms. The van der Waals surface area contributed by atoms with E-state index in [1.807, 2.05) is 25.1 Å². The second-order valence-corrected chi connectivity index (χ2v) is 4.98. The molecule has 2 heterocycles. The largest absolute Gasteiger partial charge is 0.324 e. The molecule has 0 bridgehead atoms. The molecular weight excluding hydrogens is 311 g/mol. The molecule has 0 unspecified atom stereocenters. The number of nitrogens with zero attached hydrogens (tertiary/aromatic N) is 5. The Bertz CT molecular complexity index is 772. The van der Waals surface area contributed by atoms with Crippen LogP contribution in [0.2, 0.25) is 10.3 Å². The van der Waals surface area contributed by atoms with Gasteiger partial charge in [-0.15, -0.1) is 0 Å². The third-order valence-corrected chi connectivity index (χ3v) is 3.42. The summed E-state index contributed by atoms with van der Waals surface area (Å²) in [4.78, 5) is 16.4. The van der Waals surface area contributed by atoms with Gasteiger partial charge in [-0.2, -0.15) is 15.0 Å².